The van der Waals surface area contributed by atoms with Crippen molar-refractivity contribution in [3.05, 3.63) is 91.2 Å². The quantitative estimate of drug-likeness (QED) is 0.519. The standard InChI is InChI=1S/C21H15ClFN3O3S/c1-12-5-6-14(10-16(12)23)24-18(27)11-25-17-7-8-30-19(17)20(28)26(21(25)29)15-4-2-3-13(22)9-15/h2-10H,11H2,1H3,(H,24,27). The molecular weight excluding hydrogens is 429 g/mol. The number of rotatable bonds is 4. The Morgan fingerprint density at radius 2 is 1.97 bits per heavy atom. The Kier molecular flexibility index (Phi) is 5.27. The first-order valence-corrected chi connectivity index (χ1v) is 10.2. The average Bonchev–Trinajstić information content (AvgIpc) is 3.18. The van der Waals surface area contributed by atoms with Crippen molar-refractivity contribution < 1.29 is 9.18 Å². The summed E-state index contributed by atoms with van der Waals surface area (Å²) in [5, 5.41) is 4.63. The molecule has 0 radical (unpaired) electrons. The van der Waals surface area contributed by atoms with E-state index in [1.165, 1.54) is 28.0 Å². The lowest BCUT2D eigenvalue weighted by Crippen LogP contribution is -2.40. The summed E-state index contributed by atoms with van der Waals surface area (Å²) >= 11 is 7.20. The van der Waals surface area contributed by atoms with Crippen LogP contribution in [0.5, 0.6) is 0 Å². The van der Waals surface area contributed by atoms with Crippen LogP contribution in [0.25, 0.3) is 15.9 Å². The van der Waals surface area contributed by atoms with Crippen molar-refractivity contribution >= 4 is 44.7 Å². The van der Waals surface area contributed by atoms with Crippen molar-refractivity contribution in [3.63, 3.8) is 0 Å². The Balaban J connectivity index is 1.78. The van der Waals surface area contributed by atoms with Gasteiger partial charge < -0.3 is 5.32 Å². The molecule has 0 saturated carbocycles. The highest BCUT2D eigenvalue weighted by Gasteiger charge is 2.18. The lowest BCUT2D eigenvalue weighted by Gasteiger charge is -2.13. The maximum atomic E-state index is 13.8. The highest BCUT2D eigenvalue weighted by molar-refractivity contribution is 7.17. The molecule has 4 aromatic rings. The number of nitrogens with one attached hydrogen (secondary N) is 1. The SMILES string of the molecule is Cc1ccc(NC(=O)Cn2c(=O)n(-c3cccc(Cl)c3)c(=O)c3sccc32)cc1F. The first kappa shape index (κ1) is 20.1. The van der Waals surface area contributed by atoms with E-state index in [2.05, 4.69) is 5.32 Å². The summed E-state index contributed by atoms with van der Waals surface area (Å²) in [6, 6.07) is 12.3. The fourth-order valence-corrected chi connectivity index (χ4v) is 4.11. The molecule has 4 rings (SSSR count). The number of carbonyl (C=O) groups excluding carboxylic acids is 1. The van der Waals surface area contributed by atoms with Gasteiger partial charge in [0.15, 0.2) is 0 Å². The van der Waals surface area contributed by atoms with Crippen LogP contribution in [0.2, 0.25) is 5.02 Å². The van der Waals surface area contributed by atoms with Gasteiger partial charge in [0.2, 0.25) is 5.91 Å². The zero-order chi connectivity index (χ0) is 21.4. The molecule has 152 valence electrons. The maximum absolute atomic E-state index is 13.8. The zero-order valence-corrected chi connectivity index (χ0v) is 17.3. The number of benzene rings is 2. The van der Waals surface area contributed by atoms with Crippen LogP contribution >= 0.6 is 22.9 Å². The number of hydrogen-bond acceptors (Lipinski definition) is 4. The largest absolute Gasteiger partial charge is 0.336 e. The van der Waals surface area contributed by atoms with Gasteiger partial charge in [-0.15, -0.1) is 11.3 Å². The fraction of sp³-hybridized carbons (Fsp3) is 0.0952. The second-order valence-electron chi connectivity index (χ2n) is 6.64. The van der Waals surface area contributed by atoms with Crippen LogP contribution in [0, 0.1) is 12.7 Å². The molecule has 0 fully saturated rings. The van der Waals surface area contributed by atoms with Gasteiger partial charge in [0.25, 0.3) is 5.56 Å². The summed E-state index contributed by atoms with van der Waals surface area (Å²) in [4.78, 5) is 38.6. The Morgan fingerprint density at radius 3 is 2.70 bits per heavy atom. The molecule has 30 heavy (non-hydrogen) atoms. The van der Waals surface area contributed by atoms with E-state index in [1.807, 2.05) is 0 Å². The predicted octanol–water partition coefficient (Wildman–Crippen LogP) is 3.95. The molecular formula is C21H15ClFN3O3S. The third-order valence-electron chi connectivity index (χ3n) is 4.58. The third-order valence-corrected chi connectivity index (χ3v) is 5.71. The first-order chi connectivity index (χ1) is 14.3. The highest BCUT2D eigenvalue weighted by atomic mass is 35.5. The van der Waals surface area contributed by atoms with Crippen LogP contribution in [0.4, 0.5) is 10.1 Å². The summed E-state index contributed by atoms with van der Waals surface area (Å²) in [7, 11) is 0. The topological polar surface area (TPSA) is 73.1 Å². The van der Waals surface area contributed by atoms with Gasteiger partial charge in [-0.25, -0.2) is 13.8 Å². The molecule has 6 nitrogen and oxygen atoms in total. The van der Waals surface area contributed by atoms with E-state index in [1.54, 1.807) is 48.7 Å². The van der Waals surface area contributed by atoms with Crippen molar-refractivity contribution in [1.29, 1.82) is 0 Å². The molecule has 9 heteroatoms. The van der Waals surface area contributed by atoms with Crippen molar-refractivity contribution in [1.82, 2.24) is 9.13 Å². The monoisotopic (exact) mass is 443 g/mol. The number of anilines is 1. The fourth-order valence-electron chi connectivity index (χ4n) is 3.10. The second-order valence-corrected chi connectivity index (χ2v) is 7.99. The molecule has 0 saturated heterocycles. The molecule has 1 N–H and O–H groups in total. The number of hydrogen-bond donors (Lipinski definition) is 1. The molecule has 0 bridgehead atoms. The van der Waals surface area contributed by atoms with Crippen LogP contribution in [-0.4, -0.2) is 15.0 Å². The molecule has 0 aliphatic heterocycles. The molecule has 2 heterocycles. The molecule has 0 atom stereocenters. The van der Waals surface area contributed by atoms with E-state index in [-0.39, 0.29) is 12.2 Å². The second kappa shape index (κ2) is 7.89. The average molecular weight is 444 g/mol. The van der Waals surface area contributed by atoms with Crippen LogP contribution in [0.1, 0.15) is 5.56 Å². The van der Waals surface area contributed by atoms with Crippen LogP contribution in [-0.2, 0) is 11.3 Å². The highest BCUT2D eigenvalue weighted by Crippen LogP contribution is 2.18. The zero-order valence-electron chi connectivity index (χ0n) is 15.7. The van der Waals surface area contributed by atoms with Crippen molar-refractivity contribution in [2.45, 2.75) is 13.5 Å². The van der Waals surface area contributed by atoms with Crippen molar-refractivity contribution in [2.24, 2.45) is 0 Å². The summed E-state index contributed by atoms with van der Waals surface area (Å²) in [5.74, 6) is -0.969. The van der Waals surface area contributed by atoms with Gasteiger partial charge in [0.05, 0.1) is 11.2 Å². The number of halogens is 2. The maximum Gasteiger partial charge on any atom is 0.336 e. The van der Waals surface area contributed by atoms with Gasteiger partial charge in [-0.2, -0.15) is 0 Å². The van der Waals surface area contributed by atoms with Crippen molar-refractivity contribution in [2.75, 3.05) is 5.32 Å². The van der Waals surface area contributed by atoms with Gasteiger partial charge >= 0.3 is 5.69 Å². The molecule has 0 aliphatic carbocycles. The Morgan fingerprint density at radius 1 is 1.17 bits per heavy atom. The molecule has 0 spiro atoms. The summed E-state index contributed by atoms with van der Waals surface area (Å²) in [6.07, 6.45) is 0. The Labute approximate surface area is 178 Å². The Hall–Kier alpha value is -3.23. The lowest BCUT2D eigenvalue weighted by atomic mass is 10.2. The number of amides is 1. The molecule has 1 amide bonds. The van der Waals surface area contributed by atoms with Gasteiger partial charge in [-0.3, -0.25) is 14.2 Å². The third kappa shape index (κ3) is 3.67. The summed E-state index contributed by atoms with van der Waals surface area (Å²) in [6.45, 7) is 1.27. The van der Waals surface area contributed by atoms with Crippen LogP contribution < -0.4 is 16.6 Å². The number of nitrogens with zero attached hydrogens (tertiary/aromatic N) is 2. The first-order valence-electron chi connectivity index (χ1n) is 8.90. The number of fused-ring (bicyclic) bond motifs is 1. The minimum absolute atomic E-state index is 0.279. The number of aryl methyl sites for hydroxylation is 1. The van der Waals surface area contributed by atoms with Crippen LogP contribution in [0.3, 0.4) is 0 Å². The summed E-state index contributed by atoms with van der Waals surface area (Å²) in [5.41, 5.74) is 0.252. The lowest BCUT2D eigenvalue weighted by molar-refractivity contribution is -0.116. The Bertz CT molecular complexity index is 1410. The van der Waals surface area contributed by atoms with Crippen LogP contribution in [0.15, 0.2) is 63.5 Å². The van der Waals surface area contributed by atoms with Gasteiger partial charge in [-0.05, 0) is 54.3 Å². The predicted molar refractivity (Wildman–Crippen MR) is 116 cm³/mol. The number of thiophene rings is 1. The van der Waals surface area contributed by atoms with Gasteiger partial charge in [0, 0.05) is 10.7 Å². The van der Waals surface area contributed by atoms with E-state index in [9.17, 15) is 18.8 Å². The molecule has 0 aliphatic rings. The molecule has 2 aromatic carbocycles. The van der Waals surface area contributed by atoms with E-state index in [0.29, 0.717) is 26.5 Å². The molecule has 0 unspecified atom stereocenters. The minimum Gasteiger partial charge on any atom is -0.324 e. The summed E-state index contributed by atoms with van der Waals surface area (Å²) < 4.78 is 16.3. The van der Waals surface area contributed by atoms with E-state index in [4.69, 9.17) is 11.6 Å². The number of carbonyl (C=O) groups is 1. The minimum atomic E-state index is -0.668. The molecule has 2 aromatic heterocycles. The normalized spacial score (nSPS) is 11.0. The van der Waals surface area contributed by atoms with E-state index < -0.39 is 23.0 Å². The van der Waals surface area contributed by atoms with E-state index in [0.717, 1.165) is 4.57 Å². The van der Waals surface area contributed by atoms with E-state index >= 15 is 0 Å². The van der Waals surface area contributed by atoms with Gasteiger partial charge in [-0.1, -0.05) is 23.7 Å². The van der Waals surface area contributed by atoms with Gasteiger partial charge in [0.1, 0.15) is 17.1 Å². The van der Waals surface area contributed by atoms with Crippen molar-refractivity contribution in [3.8, 4) is 5.69 Å². The smallest absolute Gasteiger partial charge is 0.324 e. The number of aromatic nitrogens is 2.